The minimum Gasteiger partial charge on any atom is -0.376 e. The van der Waals surface area contributed by atoms with Crippen LogP contribution >= 0.6 is 23.4 Å². The minimum absolute atomic E-state index is 0.0677. The van der Waals surface area contributed by atoms with Crippen molar-refractivity contribution < 1.29 is 4.74 Å². The van der Waals surface area contributed by atoms with Crippen molar-refractivity contribution in [2.24, 2.45) is 11.1 Å². The number of ether oxygens (including phenoxy) is 1. The van der Waals surface area contributed by atoms with Crippen LogP contribution in [-0.4, -0.2) is 51.4 Å². The van der Waals surface area contributed by atoms with Gasteiger partial charge in [0.2, 0.25) is 0 Å². The van der Waals surface area contributed by atoms with Gasteiger partial charge in [-0.3, -0.25) is 9.36 Å². The summed E-state index contributed by atoms with van der Waals surface area (Å²) in [4.78, 5) is 30.3. The van der Waals surface area contributed by atoms with Crippen molar-refractivity contribution in [3.05, 3.63) is 82.1 Å². The molecule has 39 heavy (non-hydrogen) atoms. The molecule has 10 heteroatoms. The van der Waals surface area contributed by atoms with E-state index in [2.05, 4.69) is 26.8 Å². The second-order valence-corrected chi connectivity index (χ2v) is 12.0. The third kappa shape index (κ3) is 4.82. The van der Waals surface area contributed by atoms with Gasteiger partial charge in [-0.15, -0.1) is 0 Å². The highest BCUT2D eigenvalue weighted by atomic mass is 35.5. The Labute approximate surface area is 236 Å². The zero-order valence-corrected chi connectivity index (χ0v) is 23.5. The quantitative estimate of drug-likeness (QED) is 0.365. The Morgan fingerprint density at radius 2 is 1.87 bits per heavy atom. The summed E-state index contributed by atoms with van der Waals surface area (Å²) in [6.45, 7) is 6.53. The van der Waals surface area contributed by atoms with Gasteiger partial charge in [0.05, 0.1) is 53.4 Å². The van der Waals surface area contributed by atoms with Crippen molar-refractivity contribution in [1.29, 1.82) is 0 Å². The van der Waals surface area contributed by atoms with Crippen LogP contribution in [0.5, 0.6) is 0 Å². The third-order valence-corrected chi connectivity index (χ3v) is 9.80. The molecule has 3 atom stereocenters. The van der Waals surface area contributed by atoms with Gasteiger partial charge in [0.15, 0.2) is 0 Å². The lowest BCUT2D eigenvalue weighted by Gasteiger charge is -2.41. The highest BCUT2D eigenvalue weighted by Gasteiger charge is 2.47. The molecule has 0 aliphatic carbocycles. The molecule has 6 rings (SSSR count). The molecule has 8 nitrogen and oxygen atoms in total. The van der Waals surface area contributed by atoms with Crippen LogP contribution in [0, 0.1) is 5.41 Å². The topological polar surface area (TPSA) is 99.2 Å². The first kappa shape index (κ1) is 26.3. The molecule has 2 aliphatic rings. The lowest BCUT2D eigenvalue weighted by Crippen LogP contribution is -2.50. The Morgan fingerprint density at radius 1 is 1.10 bits per heavy atom. The molecule has 0 radical (unpaired) electrons. The maximum atomic E-state index is 13.5. The molecule has 4 aromatic rings. The first-order valence-corrected chi connectivity index (χ1v) is 14.4. The van der Waals surface area contributed by atoms with Crippen molar-refractivity contribution in [2.75, 3.05) is 24.6 Å². The van der Waals surface area contributed by atoms with E-state index in [0.717, 1.165) is 48.8 Å². The first-order chi connectivity index (χ1) is 18.9. The maximum absolute atomic E-state index is 13.5. The van der Waals surface area contributed by atoms with Crippen molar-refractivity contribution in [3.8, 4) is 0 Å². The number of benzene rings is 2. The largest absolute Gasteiger partial charge is 0.376 e. The van der Waals surface area contributed by atoms with E-state index in [0.29, 0.717) is 21.0 Å². The van der Waals surface area contributed by atoms with E-state index in [4.69, 9.17) is 22.1 Å². The van der Waals surface area contributed by atoms with E-state index in [9.17, 15) is 4.79 Å². The van der Waals surface area contributed by atoms with E-state index >= 15 is 0 Å². The second kappa shape index (κ2) is 10.5. The van der Waals surface area contributed by atoms with Crippen molar-refractivity contribution >= 4 is 40.1 Å². The molecule has 1 spiro atoms. The number of fused-ring (bicyclic) bond motifs is 1. The Morgan fingerprint density at radius 3 is 2.54 bits per heavy atom. The highest BCUT2D eigenvalue weighted by molar-refractivity contribution is 7.99. The number of aromatic nitrogens is 4. The van der Waals surface area contributed by atoms with Crippen molar-refractivity contribution in [3.63, 3.8) is 0 Å². The van der Waals surface area contributed by atoms with Gasteiger partial charge in [-0.25, -0.2) is 15.0 Å². The van der Waals surface area contributed by atoms with Crippen LogP contribution in [0.2, 0.25) is 5.02 Å². The molecule has 2 aromatic heterocycles. The average molecular weight is 563 g/mol. The molecule has 1 unspecified atom stereocenters. The van der Waals surface area contributed by atoms with Crippen LogP contribution in [0.3, 0.4) is 0 Å². The Kier molecular flexibility index (Phi) is 7.09. The van der Waals surface area contributed by atoms with Crippen molar-refractivity contribution in [2.45, 2.75) is 54.8 Å². The average Bonchev–Trinajstić information content (AvgIpc) is 3.24. The van der Waals surface area contributed by atoms with Gasteiger partial charge in [0.1, 0.15) is 10.8 Å². The SMILES string of the molecule is CC(c1ccccc1)n1cnc2ccc(Sc3cnc(N4CCC5(CC4)CO[C@@H](C)[C@H]5N)cn3)c(Cl)c2c1=O. The molecule has 2 aliphatic heterocycles. The van der Waals surface area contributed by atoms with Gasteiger partial charge >= 0.3 is 0 Å². The van der Waals surface area contributed by atoms with Crippen molar-refractivity contribution in [1.82, 2.24) is 19.5 Å². The summed E-state index contributed by atoms with van der Waals surface area (Å²) in [6, 6.07) is 13.5. The van der Waals surface area contributed by atoms with Crippen LogP contribution < -0.4 is 16.2 Å². The summed E-state index contributed by atoms with van der Waals surface area (Å²) in [7, 11) is 0. The Hall–Kier alpha value is -2.98. The van der Waals surface area contributed by atoms with Gasteiger partial charge in [0, 0.05) is 29.4 Å². The number of halogens is 1. The maximum Gasteiger partial charge on any atom is 0.263 e. The van der Waals surface area contributed by atoms with Gasteiger partial charge in [-0.05, 0) is 44.4 Å². The summed E-state index contributed by atoms with van der Waals surface area (Å²) >= 11 is 8.19. The van der Waals surface area contributed by atoms with Gasteiger partial charge in [0.25, 0.3) is 5.56 Å². The van der Waals surface area contributed by atoms with Gasteiger partial charge in [-0.2, -0.15) is 0 Å². The summed E-state index contributed by atoms with van der Waals surface area (Å²) in [6.07, 6.45) is 7.23. The molecule has 202 valence electrons. The number of hydrogen-bond donors (Lipinski definition) is 1. The predicted molar refractivity (Wildman–Crippen MR) is 155 cm³/mol. The van der Waals surface area contributed by atoms with E-state index in [1.165, 1.54) is 11.8 Å². The lowest BCUT2D eigenvalue weighted by molar-refractivity contribution is 0.0974. The summed E-state index contributed by atoms with van der Waals surface area (Å²) < 4.78 is 7.47. The van der Waals surface area contributed by atoms with E-state index < -0.39 is 0 Å². The number of anilines is 1. The Balaban J connectivity index is 1.20. The van der Waals surface area contributed by atoms with Crippen LogP contribution in [0.25, 0.3) is 10.9 Å². The highest BCUT2D eigenvalue weighted by Crippen LogP contribution is 2.42. The number of hydrogen-bond acceptors (Lipinski definition) is 8. The standard InChI is InChI=1S/C29H31ClN6O2S/c1-18(20-6-4-3-5-7-20)36-17-34-21-8-9-22(26(30)25(21)28(36)37)39-24-15-32-23(14-33-24)35-12-10-29(11-13-35)16-38-19(2)27(29)31/h3-9,14-15,17-19,27H,10-13,16,31H2,1-2H3/t18?,19-,27+/m0/s1. The molecular weight excluding hydrogens is 532 g/mol. The third-order valence-electron chi connectivity index (χ3n) is 8.31. The van der Waals surface area contributed by atoms with Gasteiger partial charge in [-0.1, -0.05) is 53.7 Å². The smallest absolute Gasteiger partial charge is 0.263 e. The second-order valence-electron chi connectivity index (χ2n) is 10.5. The van der Waals surface area contributed by atoms with Crippen LogP contribution in [0.4, 0.5) is 5.82 Å². The van der Waals surface area contributed by atoms with Gasteiger partial charge < -0.3 is 15.4 Å². The first-order valence-electron chi connectivity index (χ1n) is 13.2. The monoisotopic (exact) mass is 562 g/mol. The molecular formula is C29H31ClN6O2S. The molecule has 2 aromatic carbocycles. The normalized spacial score (nSPS) is 21.5. The molecule has 2 fully saturated rings. The predicted octanol–water partition coefficient (Wildman–Crippen LogP) is 4.93. The summed E-state index contributed by atoms with van der Waals surface area (Å²) in [5.74, 6) is 0.848. The fourth-order valence-corrected chi connectivity index (χ4v) is 6.82. The molecule has 0 saturated carbocycles. The molecule has 2 saturated heterocycles. The number of piperidine rings is 1. The summed E-state index contributed by atoms with van der Waals surface area (Å²) in [5, 5.41) is 1.48. The fraction of sp³-hybridized carbons (Fsp3) is 0.379. The number of nitrogens with zero attached hydrogens (tertiary/aromatic N) is 5. The Bertz CT molecular complexity index is 1540. The molecule has 0 bridgehead atoms. The zero-order valence-electron chi connectivity index (χ0n) is 22.0. The zero-order chi connectivity index (χ0) is 27.1. The van der Waals surface area contributed by atoms with E-state index in [-0.39, 0.29) is 29.2 Å². The van der Waals surface area contributed by atoms with E-state index in [1.54, 1.807) is 23.3 Å². The molecule has 0 amide bonds. The van der Waals surface area contributed by atoms with Crippen LogP contribution in [-0.2, 0) is 4.74 Å². The minimum atomic E-state index is -0.175. The van der Waals surface area contributed by atoms with Crippen LogP contribution in [0.1, 0.15) is 38.3 Å². The van der Waals surface area contributed by atoms with E-state index in [1.807, 2.05) is 49.4 Å². The number of rotatable bonds is 5. The van der Waals surface area contributed by atoms with Crippen LogP contribution in [0.15, 0.2) is 75.9 Å². The molecule has 4 heterocycles. The number of nitrogens with two attached hydrogens (primary N) is 1. The molecule has 2 N–H and O–H groups in total. The summed E-state index contributed by atoms with van der Waals surface area (Å²) in [5.41, 5.74) is 7.95. The lowest BCUT2D eigenvalue weighted by atomic mass is 9.73. The fourth-order valence-electron chi connectivity index (χ4n) is 5.70.